The van der Waals surface area contributed by atoms with Crippen LogP contribution in [0.1, 0.15) is 35.7 Å². The summed E-state index contributed by atoms with van der Waals surface area (Å²) in [6.07, 6.45) is 4.71. The highest BCUT2D eigenvalue weighted by Gasteiger charge is 2.49. The third-order valence-corrected chi connectivity index (χ3v) is 8.00. The molecule has 2 atom stereocenters. The first-order chi connectivity index (χ1) is 15.1. The summed E-state index contributed by atoms with van der Waals surface area (Å²) in [5.74, 6) is -3.99. The molecule has 0 spiro atoms. The normalized spacial score (nSPS) is 20.7. The Bertz CT molecular complexity index is 1240. The lowest BCUT2D eigenvalue weighted by atomic mass is 10.1. The first-order valence-corrected chi connectivity index (χ1v) is 11.7. The monoisotopic (exact) mass is 462 g/mol. The number of sulfonamides is 1. The van der Waals surface area contributed by atoms with E-state index in [1.54, 1.807) is 47.3 Å². The molecule has 3 aromatic rings. The number of halogens is 2. The van der Waals surface area contributed by atoms with Gasteiger partial charge in [-0.15, -0.1) is 0 Å². The summed E-state index contributed by atoms with van der Waals surface area (Å²) >= 11 is 0. The minimum atomic E-state index is -3.90. The third kappa shape index (κ3) is 4.24. The van der Waals surface area contributed by atoms with Gasteiger partial charge in [-0.05, 0) is 36.2 Å². The fourth-order valence-electron chi connectivity index (χ4n) is 3.94. The van der Waals surface area contributed by atoms with E-state index in [1.165, 1.54) is 26.1 Å². The molecule has 4 rings (SSSR count). The molecule has 1 N–H and O–H groups in total. The summed E-state index contributed by atoms with van der Waals surface area (Å²) < 4.78 is 56.3. The summed E-state index contributed by atoms with van der Waals surface area (Å²) in [5, 5.41) is 2.80. The number of alkyl halides is 2. The van der Waals surface area contributed by atoms with E-state index in [1.807, 2.05) is 0 Å². The number of pyridine rings is 1. The molecule has 1 aliphatic carbocycles. The third-order valence-electron chi connectivity index (χ3n) is 6.07. The van der Waals surface area contributed by atoms with Crippen LogP contribution in [-0.4, -0.2) is 47.0 Å². The van der Waals surface area contributed by atoms with E-state index >= 15 is 0 Å². The first kappa shape index (κ1) is 22.3. The summed E-state index contributed by atoms with van der Waals surface area (Å²) in [6.45, 7) is 1.65. The second-order valence-electron chi connectivity index (χ2n) is 8.21. The van der Waals surface area contributed by atoms with Crippen LogP contribution in [0.25, 0.3) is 5.65 Å². The molecule has 0 radical (unpaired) electrons. The Labute approximate surface area is 185 Å². The smallest absolute Gasteiger partial charge is 0.253 e. The van der Waals surface area contributed by atoms with E-state index in [4.69, 9.17) is 0 Å². The molecule has 32 heavy (non-hydrogen) atoms. The van der Waals surface area contributed by atoms with Crippen molar-refractivity contribution in [3.8, 4) is 0 Å². The largest absolute Gasteiger partial charge is 0.348 e. The van der Waals surface area contributed by atoms with E-state index < -0.39 is 34.3 Å². The maximum Gasteiger partial charge on any atom is 0.253 e. The number of benzene rings is 1. The van der Waals surface area contributed by atoms with Crippen molar-refractivity contribution in [2.45, 2.75) is 43.2 Å². The number of imidazole rings is 1. The van der Waals surface area contributed by atoms with Crippen molar-refractivity contribution < 1.29 is 22.0 Å². The van der Waals surface area contributed by atoms with Gasteiger partial charge >= 0.3 is 0 Å². The average molecular weight is 463 g/mol. The summed E-state index contributed by atoms with van der Waals surface area (Å²) in [5.41, 5.74) is 1.92. The lowest BCUT2D eigenvalue weighted by Gasteiger charge is -2.24. The van der Waals surface area contributed by atoms with Crippen LogP contribution >= 0.6 is 0 Å². The van der Waals surface area contributed by atoms with Crippen molar-refractivity contribution in [3.05, 3.63) is 66.1 Å². The van der Waals surface area contributed by atoms with E-state index in [-0.39, 0.29) is 23.8 Å². The molecule has 1 aliphatic rings. The van der Waals surface area contributed by atoms with Crippen LogP contribution in [0.5, 0.6) is 0 Å². The van der Waals surface area contributed by atoms with Crippen LogP contribution in [-0.2, 0) is 16.6 Å². The number of nitrogens with one attached hydrogen (secondary N) is 1. The molecule has 7 nitrogen and oxygen atoms in total. The Hall–Kier alpha value is -2.85. The van der Waals surface area contributed by atoms with Crippen molar-refractivity contribution in [1.29, 1.82) is 0 Å². The minimum Gasteiger partial charge on any atom is -0.348 e. The number of carbonyl (C=O) groups excluding carboxylic acids is 1. The molecular formula is C22H24F2N4O3S. The quantitative estimate of drug-likeness (QED) is 0.609. The number of nitrogens with zero attached hydrogens (tertiary/aromatic N) is 3. The van der Waals surface area contributed by atoms with Crippen molar-refractivity contribution in [2.75, 3.05) is 7.05 Å². The van der Waals surface area contributed by atoms with Crippen LogP contribution in [0.4, 0.5) is 8.78 Å². The van der Waals surface area contributed by atoms with E-state index in [9.17, 15) is 22.0 Å². The number of aromatic nitrogens is 2. The molecule has 0 bridgehead atoms. The van der Waals surface area contributed by atoms with Crippen LogP contribution < -0.4 is 5.32 Å². The van der Waals surface area contributed by atoms with Crippen molar-refractivity contribution >= 4 is 21.6 Å². The molecule has 170 valence electrons. The maximum absolute atomic E-state index is 13.9. The molecular weight excluding hydrogens is 438 g/mol. The Morgan fingerprint density at radius 3 is 2.62 bits per heavy atom. The van der Waals surface area contributed by atoms with Gasteiger partial charge in [-0.2, -0.15) is 4.31 Å². The molecule has 0 saturated heterocycles. The lowest BCUT2D eigenvalue weighted by Crippen LogP contribution is -2.36. The number of carbonyl (C=O) groups is 1. The van der Waals surface area contributed by atoms with Crippen molar-refractivity contribution in [1.82, 2.24) is 19.0 Å². The molecule has 2 aromatic heterocycles. The lowest BCUT2D eigenvalue weighted by molar-refractivity contribution is -0.0321. The van der Waals surface area contributed by atoms with Gasteiger partial charge < -0.3 is 9.72 Å². The minimum absolute atomic E-state index is 0.0310. The maximum atomic E-state index is 13.9. The Kier molecular flexibility index (Phi) is 5.76. The molecule has 2 heterocycles. The molecule has 10 heteroatoms. The van der Waals surface area contributed by atoms with E-state index in [2.05, 4.69) is 10.3 Å². The zero-order chi connectivity index (χ0) is 23.1. The Morgan fingerprint density at radius 2 is 1.97 bits per heavy atom. The molecule has 1 aromatic carbocycles. The second-order valence-corrected chi connectivity index (χ2v) is 10.2. The standard InChI is InChI=1S/C22H24F2N4O3S/c1-15-11-18(12-22(15,23)24)27(2)32(30,31)19-6-3-16(4-7-19)13-26-21(29)17-5-8-20-25-9-10-28(20)14-17/h3-10,14-15,18H,11-13H2,1-2H3,(H,26,29). The Morgan fingerprint density at radius 1 is 1.25 bits per heavy atom. The first-order valence-electron chi connectivity index (χ1n) is 10.2. The highest BCUT2D eigenvalue weighted by Crippen LogP contribution is 2.42. The van der Waals surface area contributed by atoms with Gasteiger partial charge in [-0.25, -0.2) is 22.2 Å². The number of amides is 1. The predicted molar refractivity (Wildman–Crippen MR) is 115 cm³/mol. The highest BCUT2D eigenvalue weighted by atomic mass is 32.2. The number of hydrogen-bond donors (Lipinski definition) is 1. The zero-order valence-corrected chi connectivity index (χ0v) is 18.5. The Balaban J connectivity index is 1.40. The predicted octanol–water partition coefficient (Wildman–Crippen LogP) is 3.32. The second kappa shape index (κ2) is 8.25. The zero-order valence-electron chi connectivity index (χ0n) is 17.7. The molecule has 1 amide bonds. The SMILES string of the molecule is CC1CC(N(C)S(=O)(=O)c2ccc(CNC(=O)c3ccc4nccn4c3)cc2)CC1(F)F. The van der Waals surface area contributed by atoms with E-state index in [0.717, 1.165) is 9.95 Å². The fourth-order valence-corrected chi connectivity index (χ4v) is 5.30. The summed E-state index contributed by atoms with van der Waals surface area (Å²) in [4.78, 5) is 16.6. The van der Waals surface area contributed by atoms with E-state index in [0.29, 0.717) is 11.1 Å². The molecule has 0 aliphatic heterocycles. The van der Waals surface area contributed by atoms with Crippen molar-refractivity contribution in [2.24, 2.45) is 5.92 Å². The topological polar surface area (TPSA) is 83.8 Å². The number of fused-ring (bicyclic) bond motifs is 1. The summed E-state index contributed by atoms with van der Waals surface area (Å²) in [6, 6.07) is 8.75. The average Bonchev–Trinajstić information content (AvgIpc) is 3.34. The van der Waals surface area contributed by atoms with Gasteiger partial charge in [0, 0.05) is 50.6 Å². The van der Waals surface area contributed by atoms with Gasteiger partial charge in [-0.1, -0.05) is 19.1 Å². The van der Waals surface area contributed by atoms with Gasteiger partial charge in [-0.3, -0.25) is 4.79 Å². The van der Waals surface area contributed by atoms with Crippen LogP contribution in [0.15, 0.2) is 59.9 Å². The summed E-state index contributed by atoms with van der Waals surface area (Å²) in [7, 11) is -2.55. The van der Waals surface area contributed by atoms with Crippen LogP contribution in [0.3, 0.4) is 0 Å². The van der Waals surface area contributed by atoms with Gasteiger partial charge in [0.2, 0.25) is 10.0 Å². The van der Waals surface area contributed by atoms with Gasteiger partial charge in [0.1, 0.15) is 5.65 Å². The molecule has 2 unspecified atom stereocenters. The van der Waals surface area contributed by atoms with Crippen LogP contribution in [0.2, 0.25) is 0 Å². The molecule has 1 saturated carbocycles. The number of rotatable bonds is 6. The van der Waals surface area contributed by atoms with Crippen LogP contribution in [0, 0.1) is 5.92 Å². The van der Waals surface area contributed by atoms with Gasteiger partial charge in [0.15, 0.2) is 0 Å². The highest BCUT2D eigenvalue weighted by molar-refractivity contribution is 7.89. The van der Waals surface area contributed by atoms with Gasteiger partial charge in [0.25, 0.3) is 11.8 Å². The van der Waals surface area contributed by atoms with Gasteiger partial charge in [0.05, 0.1) is 10.5 Å². The van der Waals surface area contributed by atoms with Crippen molar-refractivity contribution in [3.63, 3.8) is 0 Å². The molecule has 1 fully saturated rings. The number of hydrogen-bond acceptors (Lipinski definition) is 4. The fraction of sp³-hybridized carbons (Fsp3) is 0.364.